The van der Waals surface area contributed by atoms with Crippen molar-refractivity contribution in [2.75, 3.05) is 19.6 Å². The molecular weight excluding hydrogens is 256 g/mol. The molecule has 6 nitrogen and oxygen atoms in total. The molecule has 0 spiro atoms. The molecule has 1 aliphatic heterocycles. The fourth-order valence-corrected chi connectivity index (χ4v) is 2.23. The molecule has 0 aromatic carbocycles. The fourth-order valence-electron chi connectivity index (χ4n) is 2.23. The first-order chi connectivity index (χ1) is 9.70. The number of rotatable bonds is 5. The van der Waals surface area contributed by atoms with Gasteiger partial charge in [0.1, 0.15) is 0 Å². The molecule has 20 heavy (non-hydrogen) atoms. The van der Waals surface area contributed by atoms with E-state index in [1.165, 1.54) is 0 Å². The molecule has 2 N–H and O–H groups in total. The van der Waals surface area contributed by atoms with Crippen LogP contribution in [0.15, 0.2) is 24.5 Å². The molecule has 0 aliphatic carbocycles. The Labute approximate surface area is 118 Å². The van der Waals surface area contributed by atoms with Crippen molar-refractivity contribution in [3.8, 4) is 0 Å². The largest absolute Gasteiger partial charge is 0.352 e. The molecule has 0 saturated carbocycles. The number of piperazine rings is 1. The minimum Gasteiger partial charge on any atom is -0.352 e. The molecule has 1 atom stereocenters. The lowest BCUT2D eigenvalue weighted by atomic mass is 10.1. The monoisotopic (exact) mass is 276 g/mol. The molecule has 0 radical (unpaired) electrons. The van der Waals surface area contributed by atoms with Gasteiger partial charge < -0.3 is 15.5 Å². The highest BCUT2D eigenvalue weighted by Gasteiger charge is 2.28. The summed E-state index contributed by atoms with van der Waals surface area (Å²) in [6, 6.07) is 3.32. The van der Waals surface area contributed by atoms with Gasteiger partial charge in [0.05, 0.1) is 12.5 Å². The van der Waals surface area contributed by atoms with Crippen molar-refractivity contribution in [3.63, 3.8) is 0 Å². The van der Waals surface area contributed by atoms with Crippen LogP contribution in [0.5, 0.6) is 0 Å². The maximum Gasteiger partial charge on any atom is 0.240 e. The van der Waals surface area contributed by atoms with E-state index in [4.69, 9.17) is 0 Å². The van der Waals surface area contributed by atoms with Crippen molar-refractivity contribution in [1.82, 2.24) is 20.5 Å². The Morgan fingerprint density at radius 2 is 2.45 bits per heavy atom. The molecule has 1 unspecified atom stereocenters. The highest BCUT2D eigenvalue weighted by Crippen LogP contribution is 2.05. The number of nitrogens with one attached hydrogen (secondary N) is 2. The molecule has 1 aromatic heterocycles. The Balaban J connectivity index is 1.80. The lowest BCUT2D eigenvalue weighted by Gasteiger charge is -2.32. The van der Waals surface area contributed by atoms with Crippen molar-refractivity contribution >= 4 is 11.8 Å². The van der Waals surface area contributed by atoms with Crippen molar-refractivity contribution < 1.29 is 9.59 Å². The summed E-state index contributed by atoms with van der Waals surface area (Å²) in [5.74, 6) is -0.118. The average molecular weight is 276 g/mol. The van der Waals surface area contributed by atoms with E-state index in [0.717, 1.165) is 12.1 Å². The van der Waals surface area contributed by atoms with Crippen LogP contribution in [-0.4, -0.2) is 47.4 Å². The SMILES string of the molecule is CCN1CCNC(CC(=O)NCc2cccnc2)C1=O. The summed E-state index contributed by atoms with van der Waals surface area (Å²) in [4.78, 5) is 29.7. The second-order valence-electron chi connectivity index (χ2n) is 4.77. The van der Waals surface area contributed by atoms with Crippen LogP contribution in [-0.2, 0) is 16.1 Å². The number of amides is 2. The van der Waals surface area contributed by atoms with E-state index in [1.807, 2.05) is 19.1 Å². The third-order valence-electron chi connectivity index (χ3n) is 3.37. The van der Waals surface area contributed by atoms with Gasteiger partial charge in [0.25, 0.3) is 0 Å². The minimum atomic E-state index is -0.405. The van der Waals surface area contributed by atoms with E-state index in [1.54, 1.807) is 17.3 Å². The Kier molecular flexibility index (Phi) is 5.06. The third-order valence-corrected chi connectivity index (χ3v) is 3.37. The summed E-state index contributed by atoms with van der Waals surface area (Å²) in [5, 5.41) is 5.91. The summed E-state index contributed by atoms with van der Waals surface area (Å²) in [6.07, 6.45) is 3.58. The maximum atomic E-state index is 12.0. The minimum absolute atomic E-state index is 0.00952. The number of hydrogen-bond donors (Lipinski definition) is 2. The van der Waals surface area contributed by atoms with Gasteiger partial charge in [-0.3, -0.25) is 14.6 Å². The lowest BCUT2D eigenvalue weighted by Crippen LogP contribution is -2.56. The molecule has 0 bridgehead atoms. The molecule has 1 saturated heterocycles. The summed E-state index contributed by atoms with van der Waals surface area (Å²) < 4.78 is 0. The molecule has 2 rings (SSSR count). The Morgan fingerprint density at radius 1 is 1.60 bits per heavy atom. The Morgan fingerprint density at radius 3 is 3.15 bits per heavy atom. The van der Waals surface area contributed by atoms with E-state index in [2.05, 4.69) is 15.6 Å². The predicted octanol–water partition coefficient (Wildman–Crippen LogP) is -0.0918. The summed E-state index contributed by atoms with van der Waals surface area (Å²) >= 11 is 0. The van der Waals surface area contributed by atoms with Crippen LogP contribution in [0, 0.1) is 0 Å². The van der Waals surface area contributed by atoms with Crippen LogP contribution >= 0.6 is 0 Å². The number of carbonyl (C=O) groups excluding carboxylic acids is 2. The number of aromatic nitrogens is 1. The summed E-state index contributed by atoms with van der Waals surface area (Å²) in [7, 11) is 0. The van der Waals surface area contributed by atoms with E-state index < -0.39 is 6.04 Å². The molecule has 2 heterocycles. The average Bonchev–Trinajstić information content (AvgIpc) is 2.48. The molecule has 1 aliphatic rings. The van der Waals surface area contributed by atoms with Crippen LogP contribution in [0.4, 0.5) is 0 Å². The lowest BCUT2D eigenvalue weighted by molar-refractivity contribution is -0.138. The van der Waals surface area contributed by atoms with Crippen molar-refractivity contribution in [1.29, 1.82) is 0 Å². The van der Waals surface area contributed by atoms with E-state index in [0.29, 0.717) is 19.6 Å². The van der Waals surface area contributed by atoms with E-state index >= 15 is 0 Å². The quantitative estimate of drug-likeness (QED) is 0.788. The van der Waals surface area contributed by atoms with Gasteiger partial charge in [-0.1, -0.05) is 6.07 Å². The number of likely N-dealkylation sites (N-methyl/N-ethyl adjacent to an activating group) is 1. The Bertz CT molecular complexity index is 464. The van der Waals surface area contributed by atoms with Crippen LogP contribution < -0.4 is 10.6 Å². The molecule has 1 aromatic rings. The predicted molar refractivity (Wildman–Crippen MR) is 74.7 cm³/mol. The first-order valence-corrected chi connectivity index (χ1v) is 6.88. The maximum absolute atomic E-state index is 12.0. The zero-order chi connectivity index (χ0) is 14.4. The van der Waals surface area contributed by atoms with Crippen molar-refractivity contribution in [2.45, 2.75) is 25.9 Å². The number of hydrogen-bond acceptors (Lipinski definition) is 4. The second kappa shape index (κ2) is 7.00. The molecular formula is C14H20N4O2. The number of carbonyl (C=O) groups is 2. The van der Waals surface area contributed by atoms with Gasteiger partial charge in [-0.05, 0) is 18.6 Å². The summed E-state index contributed by atoms with van der Waals surface area (Å²) in [5.41, 5.74) is 0.943. The molecule has 6 heteroatoms. The van der Waals surface area contributed by atoms with Gasteiger partial charge in [-0.25, -0.2) is 0 Å². The van der Waals surface area contributed by atoms with Gasteiger partial charge in [-0.15, -0.1) is 0 Å². The zero-order valence-corrected chi connectivity index (χ0v) is 11.6. The van der Waals surface area contributed by atoms with E-state index in [9.17, 15) is 9.59 Å². The topological polar surface area (TPSA) is 74.3 Å². The van der Waals surface area contributed by atoms with Crippen molar-refractivity contribution in [3.05, 3.63) is 30.1 Å². The van der Waals surface area contributed by atoms with Gasteiger partial charge in [-0.2, -0.15) is 0 Å². The zero-order valence-electron chi connectivity index (χ0n) is 11.6. The smallest absolute Gasteiger partial charge is 0.240 e. The van der Waals surface area contributed by atoms with Crippen molar-refractivity contribution in [2.24, 2.45) is 0 Å². The van der Waals surface area contributed by atoms with E-state index in [-0.39, 0.29) is 18.2 Å². The molecule has 2 amide bonds. The first-order valence-electron chi connectivity index (χ1n) is 6.88. The van der Waals surface area contributed by atoms with Crippen LogP contribution in [0.1, 0.15) is 18.9 Å². The highest BCUT2D eigenvalue weighted by atomic mass is 16.2. The fraction of sp³-hybridized carbons (Fsp3) is 0.500. The molecule has 108 valence electrons. The van der Waals surface area contributed by atoms with Gasteiger partial charge in [0.2, 0.25) is 11.8 Å². The summed E-state index contributed by atoms with van der Waals surface area (Å²) in [6.45, 7) is 4.52. The number of pyridine rings is 1. The van der Waals surface area contributed by atoms with Crippen LogP contribution in [0.2, 0.25) is 0 Å². The highest BCUT2D eigenvalue weighted by molar-refractivity contribution is 5.88. The van der Waals surface area contributed by atoms with Gasteiger partial charge in [0.15, 0.2) is 0 Å². The normalized spacial score (nSPS) is 18.9. The third kappa shape index (κ3) is 3.77. The standard InChI is InChI=1S/C14H20N4O2/c1-2-18-7-6-16-12(14(18)20)8-13(19)17-10-11-4-3-5-15-9-11/h3-5,9,12,16H,2,6-8,10H2,1H3,(H,17,19). The Hall–Kier alpha value is -1.95. The first kappa shape index (κ1) is 14.5. The van der Waals surface area contributed by atoms with Gasteiger partial charge >= 0.3 is 0 Å². The second-order valence-corrected chi connectivity index (χ2v) is 4.77. The van der Waals surface area contributed by atoms with Crippen LogP contribution in [0.25, 0.3) is 0 Å². The van der Waals surface area contributed by atoms with Crippen LogP contribution in [0.3, 0.4) is 0 Å². The van der Waals surface area contributed by atoms with Gasteiger partial charge in [0, 0.05) is 38.6 Å². The molecule has 1 fully saturated rings. The number of nitrogens with zero attached hydrogens (tertiary/aromatic N) is 2.